The van der Waals surface area contributed by atoms with E-state index in [0.717, 1.165) is 12.8 Å². The first kappa shape index (κ1) is 20.0. The van der Waals surface area contributed by atoms with Crippen LogP contribution in [0.2, 0.25) is 0 Å². The SMILES string of the molecule is CCOC(=O)N1CCC(NC(N)=NCc2ccc(C)s2)CC1.I. The van der Waals surface area contributed by atoms with E-state index in [4.69, 9.17) is 10.5 Å². The second-order valence-electron chi connectivity index (χ2n) is 5.32. The second-order valence-corrected chi connectivity index (χ2v) is 6.69. The van der Waals surface area contributed by atoms with Crippen molar-refractivity contribution in [3.8, 4) is 0 Å². The Morgan fingerprint density at radius 2 is 2.17 bits per heavy atom. The highest BCUT2D eigenvalue weighted by atomic mass is 127. The summed E-state index contributed by atoms with van der Waals surface area (Å²) in [7, 11) is 0. The summed E-state index contributed by atoms with van der Waals surface area (Å²) in [5, 5.41) is 3.24. The van der Waals surface area contributed by atoms with E-state index in [9.17, 15) is 4.79 Å². The predicted molar refractivity (Wildman–Crippen MR) is 105 cm³/mol. The first-order valence-corrected chi connectivity index (χ1v) is 8.43. The fraction of sp³-hybridized carbons (Fsp3) is 0.600. The minimum Gasteiger partial charge on any atom is -0.450 e. The Morgan fingerprint density at radius 1 is 1.48 bits per heavy atom. The van der Waals surface area contributed by atoms with Gasteiger partial charge in [0.05, 0.1) is 13.2 Å². The number of ether oxygens (including phenoxy) is 1. The predicted octanol–water partition coefficient (Wildman–Crippen LogP) is 2.70. The van der Waals surface area contributed by atoms with E-state index in [1.165, 1.54) is 9.75 Å². The highest BCUT2D eigenvalue weighted by Crippen LogP contribution is 2.16. The van der Waals surface area contributed by atoms with Gasteiger partial charge in [0.1, 0.15) is 0 Å². The lowest BCUT2D eigenvalue weighted by atomic mass is 10.1. The van der Waals surface area contributed by atoms with Crippen molar-refractivity contribution >= 4 is 47.4 Å². The summed E-state index contributed by atoms with van der Waals surface area (Å²) in [6.45, 7) is 6.30. The van der Waals surface area contributed by atoms with Crippen LogP contribution in [0, 0.1) is 6.92 Å². The molecule has 0 bridgehead atoms. The van der Waals surface area contributed by atoms with Crippen LogP contribution in [-0.2, 0) is 11.3 Å². The van der Waals surface area contributed by atoms with Crippen molar-refractivity contribution in [2.75, 3.05) is 19.7 Å². The summed E-state index contributed by atoms with van der Waals surface area (Å²) in [4.78, 5) is 20.2. The molecule has 1 amide bonds. The van der Waals surface area contributed by atoms with Gasteiger partial charge in [0, 0.05) is 28.9 Å². The molecule has 3 N–H and O–H groups in total. The molecule has 0 unspecified atom stereocenters. The van der Waals surface area contributed by atoms with E-state index in [1.54, 1.807) is 16.2 Å². The number of thiophene rings is 1. The molecule has 0 aliphatic carbocycles. The Labute approximate surface area is 158 Å². The first-order chi connectivity index (χ1) is 10.6. The number of hydrogen-bond acceptors (Lipinski definition) is 4. The van der Waals surface area contributed by atoms with Gasteiger partial charge >= 0.3 is 6.09 Å². The third kappa shape index (κ3) is 6.54. The lowest BCUT2D eigenvalue weighted by Crippen LogP contribution is -2.48. The van der Waals surface area contributed by atoms with Crippen LogP contribution < -0.4 is 11.1 Å². The van der Waals surface area contributed by atoms with Crippen LogP contribution in [-0.4, -0.2) is 42.7 Å². The van der Waals surface area contributed by atoms with Gasteiger partial charge in [-0.2, -0.15) is 0 Å². The maximum Gasteiger partial charge on any atom is 0.409 e. The summed E-state index contributed by atoms with van der Waals surface area (Å²) < 4.78 is 5.01. The lowest BCUT2D eigenvalue weighted by Gasteiger charge is -2.31. The van der Waals surface area contributed by atoms with Crippen LogP contribution in [0.25, 0.3) is 0 Å². The molecule has 0 radical (unpaired) electrons. The molecule has 1 fully saturated rings. The topological polar surface area (TPSA) is 80.0 Å². The Balaban J connectivity index is 0.00000264. The van der Waals surface area contributed by atoms with Gasteiger partial charge in [-0.25, -0.2) is 9.79 Å². The maximum absolute atomic E-state index is 11.6. The van der Waals surface area contributed by atoms with Crippen molar-refractivity contribution in [2.45, 2.75) is 39.3 Å². The first-order valence-electron chi connectivity index (χ1n) is 7.62. The zero-order valence-electron chi connectivity index (χ0n) is 13.6. The molecule has 1 saturated heterocycles. The largest absolute Gasteiger partial charge is 0.450 e. The van der Waals surface area contributed by atoms with E-state index >= 15 is 0 Å². The van der Waals surface area contributed by atoms with Crippen molar-refractivity contribution in [3.05, 3.63) is 21.9 Å². The van der Waals surface area contributed by atoms with Gasteiger partial charge in [-0.3, -0.25) is 0 Å². The number of piperidine rings is 1. The van der Waals surface area contributed by atoms with Gasteiger partial charge in [0.2, 0.25) is 0 Å². The highest BCUT2D eigenvalue weighted by molar-refractivity contribution is 14.0. The molecule has 130 valence electrons. The second kappa shape index (κ2) is 9.96. The van der Waals surface area contributed by atoms with Crippen LogP contribution in [0.3, 0.4) is 0 Å². The van der Waals surface area contributed by atoms with Crippen LogP contribution in [0.5, 0.6) is 0 Å². The summed E-state index contributed by atoms with van der Waals surface area (Å²) in [5.41, 5.74) is 5.94. The number of carbonyl (C=O) groups is 1. The highest BCUT2D eigenvalue weighted by Gasteiger charge is 2.23. The number of carbonyl (C=O) groups excluding carboxylic acids is 1. The van der Waals surface area contributed by atoms with Crippen molar-refractivity contribution < 1.29 is 9.53 Å². The standard InChI is InChI=1S/C15H24N4O2S.HI/c1-3-21-15(20)19-8-6-12(7-9-19)18-14(16)17-10-13-5-4-11(2)22-13;/h4-5,12H,3,6-10H2,1-2H3,(H3,16,17,18);1H. The van der Waals surface area contributed by atoms with E-state index in [-0.39, 0.29) is 36.1 Å². The molecule has 8 heteroatoms. The monoisotopic (exact) mass is 452 g/mol. The molecule has 1 aromatic rings. The number of halogens is 1. The number of nitrogens with two attached hydrogens (primary N) is 1. The number of aliphatic imine (C=N–C) groups is 1. The molecular weight excluding hydrogens is 427 g/mol. The molecule has 6 nitrogen and oxygen atoms in total. The molecule has 1 aliphatic heterocycles. The Hall–Kier alpha value is -1.03. The average molecular weight is 452 g/mol. The van der Waals surface area contributed by atoms with E-state index in [0.29, 0.717) is 32.2 Å². The molecule has 1 aliphatic rings. The fourth-order valence-corrected chi connectivity index (χ4v) is 3.22. The number of nitrogens with zero attached hydrogens (tertiary/aromatic N) is 2. The van der Waals surface area contributed by atoms with Crippen molar-refractivity contribution in [1.29, 1.82) is 0 Å². The Bertz CT molecular complexity index is 527. The van der Waals surface area contributed by atoms with Gasteiger partial charge in [-0.05, 0) is 38.8 Å². The van der Waals surface area contributed by atoms with Crippen molar-refractivity contribution in [1.82, 2.24) is 10.2 Å². The number of aryl methyl sites for hydroxylation is 1. The van der Waals surface area contributed by atoms with Crippen molar-refractivity contribution in [2.24, 2.45) is 10.7 Å². The number of nitrogens with one attached hydrogen (secondary N) is 1. The zero-order valence-corrected chi connectivity index (χ0v) is 16.7. The molecule has 2 rings (SSSR count). The normalized spacial score (nSPS) is 15.9. The Kier molecular flexibility index (Phi) is 8.67. The van der Waals surface area contributed by atoms with E-state index < -0.39 is 0 Å². The molecule has 0 saturated carbocycles. The summed E-state index contributed by atoms with van der Waals surface area (Å²) >= 11 is 1.74. The number of likely N-dealkylation sites (tertiary alicyclic amines) is 1. The average Bonchev–Trinajstić information content (AvgIpc) is 2.92. The minimum atomic E-state index is -0.226. The molecule has 2 heterocycles. The van der Waals surface area contributed by atoms with Crippen LogP contribution >= 0.6 is 35.3 Å². The molecule has 1 aromatic heterocycles. The Morgan fingerprint density at radius 3 is 2.74 bits per heavy atom. The van der Waals surface area contributed by atoms with E-state index in [2.05, 4.69) is 29.4 Å². The summed E-state index contributed by atoms with van der Waals surface area (Å²) in [5.74, 6) is 0.473. The molecule has 0 spiro atoms. The van der Waals surface area contributed by atoms with Gasteiger partial charge in [0.15, 0.2) is 5.96 Å². The van der Waals surface area contributed by atoms with Gasteiger partial charge < -0.3 is 20.7 Å². The van der Waals surface area contributed by atoms with E-state index in [1.807, 2.05) is 6.92 Å². The van der Waals surface area contributed by atoms with Crippen LogP contribution in [0.15, 0.2) is 17.1 Å². The lowest BCUT2D eigenvalue weighted by molar-refractivity contribution is 0.0963. The summed E-state index contributed by atoms with van der Waals surface area (Å²) in [6.07, 6.45) is 1.48. The third-order valence-electron chi connectivity index (χ3n) is 3.57. The maximum atomic E-state index is 11.6. The number of hydrogen-bond donors (Lipinski definition) is 2. The van der Waals surface area contributed by atoms with Crippen LogP contribution in [0.4, 0.5) is 4.79 Å². The van der Waals surface area contributed by atoms with Gasteiger partial charge in [-0.15, -0.1) is 35.3 Å². The molecule has 0 atom stereocenters. The number of amides is 1. The van der Waals surface area contributed by atoms with Crippen LogP contribution in [0.1, 0.15) is 29.5 Å². The molecular formula is C15H25IN4O2S. The zero-order chi connectivity index (χ0) is 15.9. The van der Waals surface area contributed by atoms with Gasteiger partial charge in [-0.1, -0.05) is 0 Å². The smallest absolute Gasteiger partial charge is 0.409 e. The quantitative estimate of drug-likeness (QED) is 0.418. The number of guanidine groups is 1. The minimum absolute atomic E-state index is 0. The number of rotatable bonds is 4. The fourth-order valence-electron chi connectivity index (χ4n) is 2.41. The summed E-state index contributed by atoms with van der Waals surface area (Å²) in [6, 6.07) is 4.43. The van der Waals surface area contributed by atoms with Crippen molar-refractivity contribution in [3.63, 3.8) is 0 Å². The third-order valence-corrected chi connectivity index (χ3v) is 4.56. The molecule has 23 heavy (non-hydrogen) atoms. The molecule has 0 aromatic carbocycles. The van der Waals surface area contributed by atoms with Gasteiger partial charge in [0.25, 0.3) is 0 Å².